The molecule has 0 radical (unpaired) electrons. The summed E-state index contributed by atoms with van der Waals surface area (Å²) < 4.78 is 9.54. The quantitative estimate of drug-likeness (QED) is 0.544. The predicted molar refractivity (Wildman–Crippen MR) is 81.3 cm³/mol. The van der Waals surface area contributed by atoms with Crippen molar-refractivity contribution in [1.29, 1.82) is 0 Å². The lowest BCUT2D eigenvalue weighted by Gasteiger charge is -2.13. The molecule has 0 saturated heterocycles. The van der Waals surface area contributed by atoms with Crippen LogP contribution < -0.4 is 0 Å². The van der Waals surface area contributed by atoms with Gasteiger partial charge < -0.3 is 19.7 Å². The van der Waals surface area contributed by atoms with Crippen molar-refractivity contribution >= 4 is 23.9 Å². The van der Waals surface area contributed by atoms with Crippen LogP contribution >= 0.6 is 0 Å². The maximum absolute atomic E-state index is 12.1. The molecule has 0 aliphatic carbocycles. The van der Waals surface area contributed by atoms with E-state index in [1.807, 2.05) is 0 Å². The summed E-state index contributed by atoms with van der Waals surface area (Å²) in [6.45, 7) is 6.26. The molecule has 0 fully saturated rings. The average molecular weight is 334 g/mol. The van der Waals surface area contributed by atoms with Gasteiger partial charge in [0.2, 0.25) is 0 Å². The predicted octanol–water partition coefficient (Wildman–Crippen LogP) is 1.77. The van der Waals surface area contributed by atoms with Crippen molar-refractivity contribution in [3.05, 3.63) is 59.7 Å². The maximum Gasteiger partial charge on any atom is 0.340 e. The van der Waals surface area contributed by atoms with E-state index in [9.17, 15) is 24.3 Å². The van der Waals surface area contributed by atoms with Gasteiger partial charge in [0.05, 0.1) is 22.3 Å². The minimum atomic E-state index is -1.70. The molecule has 0 aromatic heterocycles. The number of aromatic carboxylic acids is 2. The second-order valence-corrected chi connectivity index (χ2v) is 4.30. The van der Waals surface area contributed by atoms with Crippen LogP contribution in [0.2, 0.25) is 0 Å². The number of ether oxygens (including phenoxy) is 2. The molecule has 0 saturated carbocycles. The van der Waals surface area contributed by atoms with Crippen molar-refractivity contribution < 1.29 is 38.9 Å². The summed E-state index contributed by atoms with van der Waals surface area (Å²) in [4.78, 5) is 46.8. The fourth-order valence-corrected chi connectivity index (χ4v) is 1.80. The first kappa shape index (κ1) is 18.6. The van der Waals surface area contributed by atoms with Crippen LogP contribution in [0.3, 0.4) is 0 Å². The highest BCUT2D eigenvalue weighted by molar-refractivity contribution is 6.14. The van der Waals surface area contributed by atoms with Gasteiger partial charge in [-0.3, -0.25) is 0 Å². The lowest BCUT2D eigenvalue weighted by atomic mass is 9.95. The van der Waals surface area contributed by atoms with Crippen LogP contribution in [-0.4, -0.2) is 47.3 Å². The summed E-state index contributed by atoms with van der Waals surface area (Å²) in [6.07, 6.45) is 2.51. The van der Waals surface area contributed by atoms with Crippen molar-refractivity contribution in [1.82, 2.24) is 0 Å². The van der Waals surface area contributed by atoms with E-state index in [4.69, 9.17) is 14.6 Å². The van der Waals surface area contributed by atoms with Gasteiger partial charge >= 0.3 is 23.9 Å². The van der Waals surface area contributed by atoms with E-state index in [2.05, 4.69) is 13.2 Å². The summed E-state index contributed by atoms with van der Waals surface area (Å²) in [5.41, 5.74) is -2.63. The third kappa shape index (κ3) is 4.07. The lowest BCUT2D eigenvalue weighted by Crippen LogP contribution is -2.22. The van der Waals surface area contributed by atoms with Gasteiger partial charge in [-0.25, -0.2) is 19.2 Å². The number of carboxylic acids is 2. The Bertz CT molecular complexity index is 717. The number of benzene rings is 1. The standard InChI is InChI=1S/C16H14O8/c1-3-7-23-15(21)10-6-5-9(13(17)18)11(14(19)20)12(10)16(22)24-8-4-2/h3-6H,1-2,7-8H2,(H,17,18)(H,19,20). The first-order valence-electron chi connectivity index (χ1n) is 6.54. The highest BCUT2D eigenvalue weighted by Gasteiger charge is 2.31. The number of esters is 2. The molecule has 0 amide bonds. The monoisotopic (exact) mass is 334 g/mol. The van der Waals surface area contributed by atoms with E-state index < -0.39 is 46.1 Å². The molecule has 1 aromatic carbocycles. The largest absolute Gasteiger partial charge is 0.478 e. The van der Waals surface area contributed by atoms with E-state index in [-0.39, 0.29) is 13.2 Å². The van der Waals surface area contributed by atoms with E-state index in [1.165, 1.54) is 12.2 Å². The Morgan fingerprint density at radius 1 is 0.833 bits per heavy atom. The minimum absolute atomic E-state index is 0.178. The van der Waals surface area contributed by atoms with Crippen LogP contribution in [0.25, 0.3) is 0 Å². The number of rotatable bonds is 8. The third-order valence-electron chi connectivity index (χ3n) is 2.74. The van der Waals surface area contributed by atoms with Crippen molar-refractivity contribution in [3.8, 4) is 0 Å². The number of hydrogen-bond acceptors (Lipinski definition) is 6. The molecule has 8 nitrogen and oxygen atoms in total. The van der Waals surface area contributed by atoms with Gasteiger partial charge in [-0.05, 0) is 12.1 Å². The Balaban J connectivity index is 3.61. The Morgan fingerprint density at radius 2 is 1.33 bits per heavy atom. The fourth-order valence-electron chi connectivity index (χ4n) is 1.80. The van der Waals surface area contributed by atoms with Crippen molar-refractivity contribution in [3.63, 3.8) is 0 Å². The molecule has 0 aliphatic rings. The molecule has 126 valence electrons. The summed E-state index contributed by atoms with van der Waals surface area (Å²) >= 11 is 0. The molecule has 1 aromatic rings. The zero-order valence-corrected chi connectivity index (χ0v) is 12.5. The van der Waals surface area contributed by atoms with Crippen molar-refractivity contribution in [2.75, 3.05) is 13.2 Å². The van der Waals surface area contributed by atoms with Gasteiger partial charge in [0.15, 0.2) is 0 Å². The van der Waals surface area contributed by atoms with Crippen molar-refractivity contribution in [2.45, 2.75) is 0 Å². The highest BCUT2D eigenvalue weighted by atomic mass is 16.5. The molecule has 0 aliphatic heterocycles. The summed E-state index contributed by atoms with van der Waals surface area (Å²) in [6, 6.07) is 1.90. The smallest absolute Gasteiger partial charge is 0.340 e. The Morgan fingerprint density at radius 3 is 1.79 bits per heavy atom. The van der Waals surface area contributed by atoms with Gasteiger partial charge in [0, 0.05) is 0 Å². The number of carbonyl (C=O) groups is 4. The van der Waals surface area contributed by atoms with Crippen molar-refractivity contribution in [2.24, 2.45) is 0 Å². The van der Waals surface area contributed by atoms with Crippen LogP contribution in [0.1, 0.15) is 41.4 Å². The first-order chi connectivity index (χ1) is 11.3. The molecule has 0 unspecified atom stereocenters. The topological polar surface area (TPSA) is 127 Å². The molecule has 0 atom stereocenters. The van der Waals surface area contributed by atoms with Gasteiger partial charge in [0.1, 0.15) is 13.2 Å². The van der Waals surface area contributed by atoms with Crippen LogP contribution in [0, 0.1) is 0 Å². The molecule has 24 heavy (non-hydrogen) atoms. The molecular weight excluding hydrogens is 320 g/mol. The fraction of sp³-hybridized carbons (Fsp3) is 0.125. The van der Waals surface area contributed by atoms with E-state index >= 15 is 0 Å². The van der Waals surface area contributed by atoms with Gasteiger partial charge in [-0.2, -0.15) is 0 Å². The van der Waals surface area contributed by atoms with Crippen LogP contribution in [0.5, 0.6) is 0 Å². The van der Waals surface area contributed by atoms with Gasteiger partial charge in [0.25, 0.3) is 0 Å². The third-order valence-corrected chi connectivity index (χ3v) is 2.74. The zero-order valence-electron chi connectivity index (χ0n) is 12.5. The number of carboxylic acid groups (broad SMARTS) is 2. The average Bonchev–Trinajstić information content (AvgIpc) is 2.55. The lowest BCUT2D eigenvalue weighted by molar-refractivity contribution is 0.0495. The SMILES string of the molecule is C=CCOC(=O)c1ccc(C(=O)O)c(C(=O)O)c1C(=O)OCC=C. The Hall–Kier alpha value is -3.42. The molecule has 0 spiro atoms. The normalized spacial score (nSPS) is 9.67. The van der Waals surface area contributed by atoms with Crippen LogP contribution in [0.15, 0.2) is 37.4 Å². The summed E-state index contributed by atoms with van der Waals surface area (Å²) in [7, 11) is 0. The molecular formula is C16H14O8. The second kappa shape index (κ2) is 8.28. The Labute approximate surface area is 136 Å². The summed E-state index contributed by atoms with van der Waals surface area (Å²) in [5.74, 6) is -5.46. The molecule has 0 bridgehead atoms. The molecule has 8 heteroatoms. The maximum atomic E-state index is 12.1. The first-order valence-corrected chi connectivity index (χ1v) is 6.54. The second-order valence-electron chi connectivity index (χ2n) is 4.30. The number of carbonyl (C=O) groups excluding carboxylic acids is 2. The van der Waals surface area contributed by atoms with E-state index in [1.54, 1.807) is 0 Å². The van der Waals surface area contributed by atoms with E-state index in [0.717, 1.165) is 12.1 Å². The van der Waals surface area contributed by atoms with Gasteiger partial charge in [-0.1, -0.05) is 25.3 Å². The van der Waals surface area contributed by atoms with Crippen LogP contribution in [-0.2, 0) is 9.47 Å². The van der Waals surface area contributed by atoms with Gasteiger partial charge in [-0.15, -0.1) is 0 Å². The number of hydrogen-bond donors (Lipinski definition) is 2. The molecule has 1 rings (SSSR count). The van der Waals surface area contributed by atoms with Crippen LogP contribution in [0.4, 0.5) is 0 Å². The minimum Gasteiger partial charge on any atom is -0.478 e. The zero-order chi connectivity index (χ0) is 18.3. The Kier molecular flexibility index (Phi) is 6.42. The molecule has 0 heterocycles. The van der Waals surface area contributed by atoms with E-state index in [0.29, 0.717) is 0 Å². The summed E-state index contributed by atoms with van der Waals surface area (Å²) in [5, 5.41) is 18.4. The highest BCUT2D eigenvalue weighted by Crippen LogP contribution is 2.22. The molecule has 2 N–H and O–H groups in total.